The summed E-state index contributed by atoms with van der Waals surface area (Å²) in [6.45, 7) is 1.45. The van der Waals surface area contributed by atoms with Gasteiger partial charge in [-0.3, -0.25) is 19.9 Å². The fourth-order valence-electron chi connectivity index (χ4n) is 2.76. The Labute approximate surface area is 147 Å². The average Bonchev–Trinajstić information content (AvgIpc) is 3.10. The Balaban J connectivity index is 1.81. The fraction of sp³-hybridized carbons (Fsp3) is 0.0526. The second-order valence-corrected chi connectivity index (χ2v) is 6.45. The van der Waals surface area contributed by atoms with E-state index in [1.54, 1.807) is 11.6 Å². The van der Waals surface area contributed by atoms with Crippen LogP contribution in [0.1, 0.15) is 27.8 Å². The average molecular weight is 347 g/mol. The quantitative estimate of drug-likeness (QED) is 0.443. The molecular weight excluding hydrogens is 334 g/mol. The highest BCUT2D eigenvalue weighted by atomic mass is 32.1. The summed E-state index contributed by atoms with van der Waals surface area (Å²) in [4.78, 5) is 32.7. The van der Waals surface area contributed by atoms with E-state index >= 15 is 0 Å². The number of ketones is 1. The van der Waals surface area contributed by atoms with E-state index in [1.807, 2.05) is 42.5 Å². The van der Waals surface area contributed by atoms with Crippen LogP contribution in [0.4, 0.5) is 5.13 Å². The van der Waals surface area contributed by atoms with Gasteiger partial charge in [0.05, 0.1) is 11.1 Å². The number of nitrogens with one attached hydrogen (secondary N) is 1. The Morgan fingerprint density at radius 3 is 2.68 bits per heavy atom. The topological polar surface area (TPSA) is 72.0 Å². The number of amides is 1. The van der Waals surface area contributed by atoms with Crippen molar-refractivity contribution in [2.75, 3.05) is 5.32 Å². The smallest absolute Gasteiger partial charge is 0.259 e. The number of hydrogen-bond acceptors (Lipinski definition) is 5. The van der Waals surface area contributed by atoms with Crippen molar-refractivity contribution in [3.8, 4) is 0 Å². The zero-order valence-electron chi connectivity index (χ0n) is 13.3. The summed E-state index contributed by atoms with van der Waals surface area (Å²) in [6, 6.07) is 13.5. The number of thiazole rings is 1. The third kappa shape index (κ3) is 2.77. The van der Waals surface area contributed by atoms with Crippen molar-refractivity contribution in [1.82, 2.24) is 9.97 Å². The zero-order chi connectivity index (χ0) is 17.4. The van der Waals surface area contributed by atoms with Gasteiger partial charge in [-0.15, -0.1) is 11.3 Å². The standard InChI is InChI=1S/C19H13N3O2S/c1-11(23)16-10-25-19(21-16)22-18(24)15-9-12-5-2-3-6-13(12)14-7-4-8-20-17(14)15/h2-10H,1H3,(H,21,22,24). The van der Waals surface area contributed by atoms with Crippen molar-refractivity contribution in [2.24, 2.45) is 0 Å². The van der Waals surface area contributed by atoms with Crippen molar-refractivity contribution >= 4 is 49.8 Å². The number of nitrogens with zero attached hydrogens (tertiary/aromatic N) is 2. The monoisotopic (exact) mass is 347 g/mol. The Hall–Kier alpha value is -3.12. The molecule has 0 saturated carbocycles. The number of aromatic nitrogens is 2. The Morgan fingerprint density at radius 2 is 1.88 bits per heavy atom. The highest BCUT2D eigenvalue weighted by Gasteiger charge is 2.16. The molecule has 2 heterocycles. The zero-order valence-corrected chi connectivity index (χ0v) is 14.1. The Bertz CT molecular complexity index is 1130. The van der Waals surface area contributed by atoms with Gasteiger partial charge in [-0.05, 0) is 22.9 Å². The molecule has 0 unspecified atom stereocenters. The van der Waals surface area contributed by atoms with E-state index in [0.717, 1.165) is 16.2 Å². The normalized spacial score (nSPS) is 10.9. The number of fused-ring (bicyclic) bond motifs is 3. The molecule has 2 aromatic carbocycles. The van der Waals surface area contributed by atoms with Crippen molar-refractivity contribution in [2.45, 2.75) is 6.92 Å². The number of carbonyl (C=O) groups excluding carboxylic acids is 2. The van der Waals surface area contributed by atoms with E-state index in [4.69, 9.17) is 0 Å². The van der Waals surface area contributed by atoms with Crippen LogP contribution in [0.15, 0.2) is 54.0 Å². The summed E-state index contributed by atoms with van der Waals surface area (Å²) < 4.78 is 0. The van der Waals surface area contributed by atoms with Gasteiger partial charge in [0.15, 0.2) is 10.9 Å². The number of benzene rings is 2. The van der Waals surface area contributed by atoms with Crippen LogP contribution in [0.25, 0.3) is 21.7 Å². The Morgan fingerprint density at radius 1 is 1.08 bits per heavy atom. The largest absolute Gasteiger partial charge is 0.298 e. The summed E-state index contributed by atoms with van der Waals surface area (Å²) in [7, 11) is 0. The predicted molar refractivity (Wildman–Crippen MR) is 99.3 cm³/mol. The molecule has 0 spiro atoms. The molecule has 1 N–H and O–H groups in total. The molecule has 0 aliphatic heterocycles. The third-order valence-electron chi connectivity index (χ3n) is 3.94. The lowest BCUT2D eigenvalue weighted by Crippen LogP contribution is -2.13. The van der Waals surface area contributed by atoms with Crippen molar-refractivity contribution in [1.29, 1.82) is 0 Å². The number of carbonyl (C=O) groups is 2. The van der Waals surface area contributed by atoms with Crippen LogP contribution in [-0.4, -0.2) is 21.7 Å². The summed E-state index contributed by atoms with van der Waals surface area (Å²) in [6.07, 6.45) is 1.67. The molecule has 25 heavy (non-hydrogen) atoms. The maximum absolute atomic E-state index is 12.8. The van der Waals surface area contributed by atoms with Gasteiger partial charge < -0.3 is 0 Å². The highest BCUT2D eigenvalue weighted by molar-refractivity contribution is 7.14. The van der Waals surface area contributed by atoms with Crippen LogP contribution in [0.2, 0.25) is 0 Å². The molecule has 5 nitrogen and oxygen atoms in total. The number of pyridine rings is 1. The van der Waals surface area contributed by atoms with E-state index in [1.165, 1.54) is 18.3 Å². The summed E-state index contributed by atoms with van der Waals surface area (Å²) in [5.41, 5.74) is 1.47. The molecule has 0 aliphatic carbocycles. The van der Waals surface area contributed by atoms with Crippen LogP contribution >= 0.6 is 11.3 Å². The molecule has 0 radical (unpaired) electrons. The van der Waals surface area contributed by atoms with Crippen molar-refractivity contribution < 1.29 is 9.59 Å². The molecule has 122 valence electrons. The van der Waals surface area contributed by atoms with Crippen LogP contribution < -0.4 is 5.32 Å². The molecule has 0 aliphatic rings. The SMILES string of the molecule is CC(=O)c1csc(NC(=O)c2cc3ccccc3c3cccnc23)n1. The molecule has 4 aromatic rings. The molecule has 0 fully saturated rings. The molecular formula is C19H13N3O2S. The van der Waals surface area contributed by atoms with Gasteiger partial charge in [0, 0.05) is 23.9 Å². The molecule has 0 atom stereocenters. The molecule has 2 aromatic heterocycles. The van der Waals surface area contributed by atoms with E-state index < -0.39 is 0 Å². The lowest BCUT2D eigenvalue weighted by atomic mass is 10.0. The minimum absolute atomic E-state index is 0.130. The van der Waals surface area contributed by atoms with Crippen molar-refractivity contribution in [3.05, 3.63) is 65.3 Å². The first-order valence-electron chi connectivity index (χ1n) is 7.68. The van der Waals surface area contributed by atoms with Gasteiger partial charge in [0.25, 0.3) is 5.91 Å². The number of rotatable bonds is 3. The van der Waals surface area contributed by atoms with Gasteiger partial charge in [-0.1, -0.05) is 30.3 Å². The third-order valence-corrected chi connectivity index (χ3v) is 4.70. The van der Waals surface area contributed by atoms with Crippen LogP contribution in [0, 0.1) is 0 Å². The minimum Gasteiger partial charge on any atom is -0.298 e. The van der Waals surface area contributed by atoms with Gasteiger partial charge >= 0.3 is 0 Å². The van der Waals surface area contributed by atoms with Gasteiger partial charge in [-0.25, -0.2) is 4.98 Å². The Kier molecular flexibility index (Phi) is 3.74. The van der Waals surface area contributed by atoms with Crippen molar-refractivity contribution in [3.63, 3.8) is 0 Å². The maximum atomic E-state index is 12.8. The highest BCUT2D eigenvalue weighted by Crippen LogP contribution is 2.28. The van der Waals surface area contributed by atoms with Gasteiger partial charge in [-0.2, -0.15) is 0 Å². The number of hydrogen-bond donors (Lipinski definition) is 1. The lowest BCUT2D eigenvalue weighted by Gasteiger charge is -2.09. The minimum atomic E-state index is -0.293. The van der Waals surface area contributed by atoms with E-state index in [2.05, 4.69) is 15.3 Å². The van der Waals surface area contributed by atoms with Crippen LogP contribution in [-0.2, 0) is 0 Å². The number of anilines is 1. The van der Waals surface area contributed by atoms with Crippen LogP contribution in [0.3, 0.4) is 0 Å². The predicted octanol–water partition coefficient (Wildman–Crippen LogP) is 4.30. The molecule has 0 bridgehead atoms. The molecule has 1 amide bonds. The lowest BCUT2D eigenvalue weighted by molar-refractivity contribution is 0.100. The van der Waals surface area contributed by atoms with E-state index in [9.17, 15) is 9.59 Å². The first kappa shape index (κ1) is 15.4. The molecule has 0 saturated heterocycles. The second kappa shape index (κ2) is 6.07. The number of Topliss-reactive ketones (excluding diaryl/α,β-unsaturated/α-hetero) is 1. The fourth-order valence-corrected chi connectivity index (χ4v) is 3.50. The van der Waals surface area contributed by atoms with E-state index in [-0.39, 0.29) is 11.7 Å². The molecule has 4 rings (SSSR count). The summed E-state index contributed by atoms with van der Waals surface area (Å²) in [5.74, 6) is -0.423. The maximum Gasteiger partial charge on any atom is 0.259 e. The van der Waals surface area contributed by atoms with Gasteiger partial charge in [0.2, 0.25) is 0 Å². The van der Waals surface area contributed by atoms with Gasteiger partial charge in [0.1, 0.15) is 5.69 Å². The molecule has 6 heteroatoms. The van der Waals surface area contributed by atoms with Crippen LogP contribution in [0.5, 0.6) is 0 Å². The summed E-state index contributed by atoms with van der Waals surface area (Å²) in [5, 5.41) is 7.74. The first-order chi connectivity index (χ1) is 12.1. The second-order valence-electron chi connectivity index (χ2n) is 5.59. The first-order valence-corrected chi connectivity index (χ1v) is 8.56. The van der Waals surface area contributed by atoms with E-state index in [0.29, 0.717) is 21.9 Å². The summed E-state index contributed by atoms with van der Waals surface area (Å²) >= 11 is 1.23.